The molecule has 0 spiro atoms. The van der Waals surface area contributed by atoms with Crippen LogP contribution >= 0.6 is 0 Å². The Morgan fingerprint density at radius 3 is 2.71 bits per heavy atom. The molecule has 1 aromatic carbocycles. The number of piperidine rings is 1. The molecule has 21 heavy (non-hydrogen) atoms. The summed E-state index contributed by atoms with van der Waals surface area (Å²) < 4.78 is 0. The number of anilines is 1. The standard InChI is InChI=1S/C17H24N2O2/c1-5-11(2)16-12(3)7-6-8-13(16)19(4)14-9-10-15(20)18-17(14)21/h6-8,11,14H,5,9-10H2,1-4H3,(H,18,20,21). The Morgan fingerprint density at radius 2 is 2.10 bits per heavy atom. The lowest BCUT2D eigenvalue weighted by Crippen LogP contribution is -2.51. The molecule has 2 atom stereocenters. The Labute approximate surface area is 126 Å². The molecule has 0 aliphatic carbocycles. The van der Waals surface area contributed by atoms with Crippen LogP contribution in [-0.4, -0.2) is 24.9 Å². The number of hydrogen-bond donors (Lipinski definition) is 1. The first-order valence-corrected chi connectivity index (χ1v) is 7.61. The summed E-state index contributed by atoms with van der Waals surface area (Å²) in [5, 5.41) is 2.44. The molecule has 1 fully saturated rings. The maximum Gasteiger partial charge on any atom is 0.249 e. The fraction of sp³-hybridized carbons (Fsp3) is 0.529. The second-order valence-electron chi connectivity index (χ2n) is 5.89. The van der Waals surface area contributed by atoms with Gasteiger partial charge in [-0.25, -0.2) is 0 Å². The van der Waals surface area contributed by atoms with E-state index in [1.165, 1.54) is 11.1 Å². The van der Waals surface area contributed by atoms with Gasteiger partial charge in [0.2, 0.25) is 11.8 Å². The van der Waals surface area contributed by atoms with E-state index in [1.807, 2.05) is 18.0 Å². The van der Waals surface area contributed by atoms with Gasteiger partial charge in [-0.05, 0) is 42.9 Å². The average molecular weight is 288 g/mol. The first-order valence-electron chi connectivity index (χ1n) is 7.61. The Balaban J connectivity index is 2.35. The maximum absolute atomic E-state index is 12.1. The van der Waals surface area contributed by atoms with Crippen molar-refractivity contribution in [1.29, 1.82) is 0 Å². The number of likely N-dealkylation sites (N-methyl/N-ethyl adjacent to an activating group) is 1. The summed E-state index contributed by atoms with van der Waals surface area (Å²) in [5.41, 5.74) is 3.65. The van der Waals surface area contributed by atoms with Gasteiger partial charge in [-0.15, -0.1) is 0 Å². The lowest BCUT2D eigenvalue weighted by Gasteiger charge is -2.34. The van der Waals surface area contributed by atoms with Crippen LogP contribution in [0.25, 0.3) is 0 Å². The van der Waals surface area contributed by atoms with Crippen LogP contribution in [0.1, 0.15) is 50.2 Å². The summed E-state index contributed by atoms with van der Waals surface area (Å²) in [4.78, 5) is 25.4. The van der Waals surface area contributed by atoms with E-state index in [2.05, 4.69) is 38.2 Å². The van der Waals surface area contributed by atoms with Crippen LogP contribution in [0.3, 0.4) is 0 Å². The highest BCUT2D eigenvalue weighted by molar-refractivity contribution is 6.01. The van der Waals surface area contributed by atoms with Crippen molar-refractivity contribution in [3.05, 3.63) is 29.3 Å². The molecule has 0 saturated carbocycles. The third-order valence-electron chi connectivity index (χ3n) is 4.46. The van der Waals surface area contributed by atoms with Crippen molar-refractivity contribution in [3.8, 4) is 0 Å². The second kappa shape index (κ2) is 6.29. The summed E-state index contributed by atoms with van der Waals surface area (Å²) in [6, 6.07) is 5.94. The van der Waals surface area contributed by atoms with Crippen LogP contribution in [0, 0.1) is 6.92 Å². The summed E-state index contributed by atoms with van der Waals surface area (Å²) in [6.07, 6.45) is 2.04. The minimum Gasteiger partial charge on any atom is -0.362 e. The first-order chi connectivity index (χ1) is 9.95. The van der Waals surface area contributed by atoms with E-state index in [9.17, 15) is 9.59 Å². The fourth-order valence-electron chi connectivity index (χ4n) is 3.04. The number of aryl methyl sites for hydroxylation is 1. The lowest BCUT2D eigenvalue weighted by atomic mass is 9.91. The molecule has 1 aliphatic rings. The smallest absolute Gasteiger partial charge is 0.249 e. The molecule has 1 heterocycles. The summed E-state index contributed by atoms with van der Waals surface area (Å²) in [7, 11) is 1.95. The van der Waals surface area contributed by atoms with Crippen LogP contribution in [-0.2, 0) is 9.59 Å². The fourth-order valence-corrected chi connectivity index (χ4v) is 3.04. The maximum atomic E-state index is 12.1. The Hall–Kier alpha value is -1.84. The molecule has 1 aliphatic heterocycles. The molecule has 1 saturated heterocycles. The zero-order valence-electron chi connectivity index (χ0n) is 13.3. The van der Waals surface area contributed by atoms with Crippen molar-refractivity contribution in [3.63, 3.8) is 0 Å². The predicted octanol–water partition coefficient (Wildman–Crippen LogP) is 2.75. The van der Waals surface area contributed by atoms with E-state index in [0.29, 0.717) is 18.8 Å². The van der Waals surface area contributed by atoms with Gasteiger partial charge in [-0.1, -0.05) is 26.0 Å². The Morgan fingerprint density at radius 1 is 1.38 bits per heavy atom. The highest BCUT2D eigenvalue weighted by Crippen LogP contribution is 2.33. The van der Waals surface area contributed by atoms with Crippen molar-refractivity contribution in [2.24, 2.45) is 0 Å². The van der Waals surface area contributed by atoms with Crippen LogP contribution in [0.4, 0.5) is 5.69 Å². The molecule has 114 valence electrons. The molecule has 2 unspecified atom stereocenters. The number of hydrogen-bond acceptors (Lipinski definition) is 3. The highest BCUT2D eigenvalue weighted by atomic mass is 16.2. The zero-order chi connectivity index (χ0) is 15.6. The number of rotatable bonds is 4. The number of carbonyl (C=O) groups is 2. The minimum atomic E-state index is -0.271. The van der Waals surface area contributed by atoms with Crippen LogP contribution in [0.15, 0.2) is 18.2 Å². The van der Waals surface area contributed by atoms with Crippen molar-refractivity contribution in [2.45, 2.75) is 52.0 Å². The number of amides is 2. The third-order valence-corrected chi connectivity index (χ3v) is 4.46. The van der Waals surface area contributed by atoms with Crippen LogP contribution < -0.4 is 10.2 Å². The van der Waals surface area contributed by atoms with Crippen molar-refractivity contribution >= 4 is 17.5 Å². The predicted molar refractivity (Wildman–Crippen MR) is 84.5 cm³/mol. The van der Waals surface area contributed by atoms with Crippen molar-refractivity contribution < 1.29 is 9.59 Å². The van der Waals surface area contributed by atoms with E-state index >= 15 is 0 Å². The van der Waals surface area contributed by atoms with Crippen LogP contribution in [0.5, 0.6) is 0 Å². The molecular weight excluding hydrogens is 264 g/mol. The Bertz CT molecular complexity index is 554. The normalized spacial score (nSPS) is 20.1. The Kier molecular flexibility index (Phi) is 4.66. The first kappa shape index (κ1) is 15.5. The summed E-state index contributed by atoms with van der Waals surface area (Å²) >= 11 is 0. The number of carbonyl (C=O) groups excluding carboxylic acids is 2. The van der Waals surface area contributed by atoms with Gasteiger partial charge in [0.25, 0.3) is 0 Å². The number of nitrogens with zero attached hydrogens (tertiary/aromatic N) is 1. The monoisotopic (exact) mass is 288 g/mol. The van der Waals surface area contributed by atoms with Crippen molar-refractivity contribution in [2.75, 3.05) is 11.9 Å². The summed E-state index contributed by atoms with van der Waals surface area (Å²) in [6.45, 7) is 6.50. The molecule has 0 aromatic heterocycles. The number of imide groups is 1. The van der Waals surface area contributed by atoms with Gasteiger partial charge < -0.3 is 4.90 Å². The van der Waals surface area contributed by atoms with E-state index in [4.69, 9.17) is 0 Å². The van der Waals surface area contributed by atoms with E-state index < -0.39 is 0 Å². The SMILES string of the molecule is CCC(C)c1c(C)cccc1N(C)C1CCC(=O)NC1=O. The van der Waals surface area contributed by atoms with Gasteiger partial charge >= 0.3 is 0 Å². The molecule has 1 aromatic rings. The minimum absolute atomic E-state index is 0.170. The van der Waals surface area contributed by atoms with Crippen LogP contribution in [0.2, 0.25) is 0 Å². The van der Waals surface area contributed by atoms with E-state index in [0.717, 1.165) is 12.1 Å². The average Bonchev–Trinajstić information content (AvgIpc) is 2.45. The lowest BCUT2D eigenvalue weighted by molar-refractivity contribution is -0.134. The van der Waals surface area contributed by atoms with Gasteiger partial charge in [-0.2, -0.15) is 0 Å². The third kappa shape index (κ3) is 3.09. The topological polar surface area (TPSA) is 49.4 Å². The van der Waals surface area contributed by atoms with Crippen molar-refractivity contribution in [1.82, 2.24) is 5.32 Å². The molecule has 4 heteroatoms. The van der Waals surface area contributed by atoms with Gasteiger partial charge in [0.15, 0.2) is 0 Å². The molecule has 1 N–H and O–H groups in total. The van der Waals surface area contributed by atoms with Gasteiger partial charge in [-0.3, -0.25) is 14.9 Å². The van der Waals surface area contributed by atoms with Gasteiger partial charge in [0, 0.05) is 19.2 Å². The highest BCUT2D eigenvalue weighted by Gasteiger charge is 2.31. The zero-order valence-corrected chi connectivity index (χ0v) is 13.3. The summed E-state index contributed by atoms with van der Waals surface area (Å²) in [5.74, 6) is 0.0818. The van der Waals surface area contributed by atoms with Gasteiger partial charge in [0.1, 0.15) is 6.04 Å². The number of nitrogens with one attached hydrogen (secondary N) is 1. The largest absolute Gasteiger partial charge is 0.362 e. The quantitative estimate of drug-likeness (QED) is 0.867. The molecule has 0 bridgehead atoms. The second-order valence-corrected chi connectivity index (χ2v) is 5.89. The number of benzene rings is 1. The molecule has 4 nitrogen and oxygen atoms in total. The molecule has 2 amide bonds. The van der Waals surface area contributed by atoms with E-state index in [1.54, 1.807) is 0 Å². The molecular formula is C17H24N2O2. The van der Waals surface area contributed by atoms with Gasteiger partial charge in [0.05, 0.1) is 0 Å². The molecule has 2 rings (SSSR count). The molecule has 0 radical (unpaired) electrons. The van der Waals surface area contributed by atoms with E-state index in [-0.39, 0.29) is 17.9 Å².